The molecule has 1 aliphatic heterocycles. The second-order valence-corrected chi connectivity index (χ2v) is 6.89. The van der Waals surface area contributed by atoms with Crippen LogP contribution in [0.25, 0.3) is 0 Å². The van der Waals surface area contributed by atoms with Gasteiger partial charge in [-0.3, -0.25) is 4.79 Å². The first-order valence-electron chi connectivity index (χ1n) is 6.10. The van der Waals surface area contributed by atoms with Crippen molar-refractivity contribution in [1.82, 2.24) is 5.32 Å². The Hall–Kier alpha value is -0.220. The fourth-order valence-corrected chi connectivity index (χ4v) is 3.31. The maximum atomic E-state index is 11.9. The van der Waals surface area contributed by atoms with E-state index in [9.17, 15) is 4.79 Å². The lowest BCUT2D eigenvalue weighted by molar-refractivity contribution is -0.126. The molecule has 2 unspecified atom stereocenters. The Labute approximate surface area is 103 Å². The van der Waals surface area contributed by atoms with Crippen LogP contribution in [-0.2, 0) is 4.79 Å². The molecule has 0 aliphatic carbocycles. The van der Waals surface area contributed by atoms with Crippen LogP contribution in [0.1, 0.15) is 33.6 Å². The van der Waals surface area contributed by atoms with E-state index < -0.39 is 0 Å². The molecule has 3 nitrogen and oxygen atoms in total. The highest BCUT2D eigenvalue weighted by molar-refractivity contribution is 8.00. The lowest BCUT2D eigenvalue weighted by Crippen LogP contribution is -2.43. The minimum Gasteiger partial charge on any atom is -0.354 e. The van der Waals surface area contributed by atoms with Crippen LogP contribution in [0.4, 0.5) is 0 Å². The molecule has 0 bridgehead atoms. The Balaban J connectivity index is 2.39. The molecule has 1 fully saturated rings. The number of thioether (sulfide) groups is 1. The van der Waals surface area contributed by atoms with Gasteiger partial charge in [0.2, 0.25) is 5.91 Å². The van der Waals surface area contributed by atoms with Crippen molar-refractivity contribution in [3.8, 4) is 0 Å². The average Bonchev–Trinajstić information content (AvgIpc) is 2.63. The summed E-state index contributed by atoms with van der Waals surface area (Å²) >= 11 is 1.97. The second-order valence-electron chi connectivity index (χ2n) is 5.21. The van der Waals surface area contributed by atoms with E-state index >= 15 is 0 Å². The van der Waals surface area contributed by atoms with Crippen molar-refractivity contribution < 1.29 is 4.79 Å². The summed E-state index contributed by atoms with van der Waals surface area (Å²) in [4.78, 5) is 11.9. The molecule has 0 spiro atoms. The molecule has 1 amide bonds. The van der Waals surface area contributed by atoms with E-state index in [1.807, 2.05) is 25.6 Å². The zero-order valence-corrected chi connectivity index (χ0v) is 11.4. The van der Waals surface area contributed by atoms with Crippen LogP contribution < -0.4 is 11.1 Å². The standard InChI is InChI=1S/C12H24N2OS/c1-9(2)10(7-13)11(15)14-8-12(3)5-4-6-16-12/h9-10H,4-8,13H2,1-3H3,(H,14,15). The number of nitrogens with one attached hydrogen (secondary N) is 1. The minimum absolute atomic E-state index is 0.0463. The van der Waals surface area contributed by atoms with Crippen LogP contribution in [0.15, 0.2) is 0 Å². The highest BCUT2D eigenvalue weighted by Gasteiger charge is 2.31. The molecule has 0 aromatic carbocycles. The summed E-state index contributed by atoms with van der Waals surface area (Å²) in [5, 5.41) is 3.06. The van der Waals surface area contributed by atoms with E-state index in [0.717, 1.165) is 6.54 Å². The zero-order valence-electron chi connectivity index (χ0n) is 10.6. The van der Waals surface area contributed by atoms with Crippen molar-refractivity contribution in [2.24, 2.45) is 17.6 Å². The topological polar surface area (TPSA) is 55.1 Å². The second kappa shape index (κ2) is 5.92. The van der Waals surface area contributed by atoms with Gasteiger partial charge in [0.1, 0.15) is 0 Å². The Morgan fingerprint density at radius 1 is 1.56 bits per heavy atom. The van der Waals surface area contributed by atoms with Crippen molar-refractivity contribution in [3.05, 3.63) is 0 Å². The van der Waals surface area contributed by atoms with Crippen LogP contribution in [0, 0.1) is 11.8 Å². The summed E-state index contributed by atoms with van der Waals surface area (Å²) in [6.45, 7) is 7.54. The predicted molar refractivity (Wildman–Crippen MR) is 70.5 cm³/mol. The van der Waals surface area contributed by atoms with Crippen molar-refractivity contribution in [3.63, 3.8) is 0 Å². The molecule has 2 atom stereocenters. The molecule has 94 valence electrons. The average molecular weight is 244 g/mol. The number of hydrogen-bond donors (Lipinski definition) is 2. The monoisotopic (exact) mass is 244 g/mol. The van der Waals surface area contributed by atoms with Gasteiger partial charge < -0.3 is 11.1 Å². The number of carbonyl (C=O) groups is 1. The van der Waals surface area contributed by atoms with E-state index in [1.54, 1.807) is 0 Å². The molecule has 1 aliphatic rings. The maximum absolute atomic E-state index is 11.9. The third-order valence-corrected chi connectivity index (χ3v) is 4.87. The molecule has 4 heteroatoms. The van der Waals surface area contributed by atoms with Crippen LogP contribution in [0.5, 0.6) is 0 Å². The smallest absolute Gasteiger partial charge is 0.224 e. The van der Waals surface area contributed by atoms with Gasteiger partial charge in [0.25, 0.3) is 0 Å². The zero-order chi connectivity index (χ0) is 12.2. The van der Waals surface area contributed by atoms with Gasteiger partial charge in [-0.25, -0.2) is 0 Å². The summed E-state index contributed by atoms with van der Waals surface area (Å²) < 4.78 is 0.242. The molecule has 0 radical (unpaired) electrons. The van der Waals surface area contributed by atoms with Crippen molar-refractivity contribution in [2.75, 3.05) is 18.8 Å². The fraction of sp³-hybridized carbons (Fsp3) is 0.917. The van der Waals surface area contributed by atoms with Gasteiger partial charge in [-0.15, -0.1) is 0 Å². The quantitative estimate of drug-likeness (QED) is 0.772. The highest BCUT2D eigenvalue weighted by Crippen LogP contribution is 2.37. The van der Waals surface area contributed by atoms with Crippen LogP contribution in [0.2, 0.25) is 0 Å². The van der Waals surface area contributed by atoms with E-state index in [2.05, 4.69) is 12.2 Å². The Morgan fingerprint density at radius 3 is 2.69 bits per heavy atom. The molecule has 3 N–H and O–H groups in total. The number of hydrogen-bond acceptors (Lipinski definition) is 3. The van der Waals surface area contributed by atoms with E-state index in [4.69, 9.17) is 5.73 Å². The lowest BCUT2D eigenvalue weighted by Gasteiger charge is -2.25. The summed E-state index contributed by atoms with van der Waals surface area (Å²) in [5.74, 6) is 1.60. The lowest BCUT2D eigenvalue weighted by atomic mass is 9.95. The van der Waals surface area contributed by atoms with Crippen LogP contribution >= 0.6 is 11.8 Å². The molecule has 0 saturated carbocycles. The normalized spacial score (nSPS) is 27.1. The Morgan fingerprint density at radius 2 is 2.25 bits per heavy atom. The van der Waals surface area contributed by atoms with Crippen molar-refractivity contribution in [2.45, 2.75) is 38.4 Å². The van der Waals surface area contributed by atoms with Gasteiger partial charge >= 0.3 is 0 Å². The van der Waals surface area contributed by atoms with Gasteiger partial charge in [0.05, 0.1) is 5.92 Å². The molecule has 1 saturated heterocycles. The summed E-state index contributed by atoms with van der Waals surface area (Å²) in [5.41, 5.74) is 5.63. The molecule has 0 aromatic rings. The molecule has 1 heterocycles. The maximum Gasteiger partial charge on any atom is 0.224 e. The molecule has 1 rings (SSSR count). The SMILES string of the molecule is CC(C)C(CN)C(=O)NCC1(C)CCCS1. The first kappa shape index (κ1) is 13.8. The third-order valence-electron chi connectivity index (χ3n) is 3.33. The molecule has 0 aromatic heterocycles. The Bertz CT molecular complexity index is 237. The summed E-state index contributed by atoms with van der Waals surface area (Å²) in [6, 6.07) is 0. The Kier molecular flexibility index (Phi) is 5.12. The van der Waals surface area contributed by atoms with Gasteiger partial charge in [-0.05, 0) is 31.4 Å². The predicted octanol–water partition coefficient (Wildman–Crippen LogP) is 1.62. The van der Waals surface area contributed by atoms with Gasteiger partial charge in [0.15, 0.2) is 0 Å². The first-order valence-corrected chi connectivity index (χ1v) is 7.09. The largest absolute Gasteiger partial charge is 0.354 e. The van der Waals surface area contributed by atoms with Gasteiger partial charge in [-0.1, -0.05) is 13.8 Å². The minimum atomic E-state index is -0.0463. The van der Waals surface area contributed by atoms with Crippen molar-refractivity contribution >= 4 is 17.7 Å². The van der Waals surface area contributed by atoms with Crippen molar-refractivity contribution in [1.29, 1.82) is 0 Å². The third kappa shape index (κ3) is 3.67. The number of rotatable bonds is 5. The number of carbonyl (C=O) groups excluding carboxylic acids is 1. The van der Waals surface area contributed by atoms with Gasteiger partial charge in [-0.2, -0.15) is 11.8 Å². The van der Waals surface area contributed by atoms with Gasteiger partial charge in [0, 0.05) is 17.8 Å². The molecule has 16 heavy (non-hydrogen) atoms. The highest BCUT2D eigenvalue weighted by atomic mass is 32.2. The summed E-state index contributed by atoms with van der Waals surface area (Å²) in [6.07, 6.45) is 2.47. The van der Waals surface area contributed by atoms with E-state index in [0.29, 0.717) is 12.5 Å². The van der Waals surface area contributed by atoms with E-state index in [-0.39, 0.29) is 16.6 Å². The van der Waals surface area contributed by atoms with E-state index in [1.165, 1.54) is 18.6 Å². The molecular formula is C12H24N2OS. The molecular weight excluding hydrogens is 220 g/mol. The van der Waals surface area contributed by atoms with Crippen LogP contribution in [0.3, 0.4) is 0 Å². The first-order chi connectivity index (χ1) is 7.48. The summed E-state index contributed by atoms with van der Waals surface area (Å²) in [7, 11) is 0. The fourth-order valence-electron chi connectivity index (χ4n) is 2.06. The number of nitrogens with two attached hydrogens (primary N) is 1. The van der Waals surface area contributed by atoms with Crippen LogP contribution in [-0.4, -0.2) is 29.5 Å². The number of amides is 1.